The van der Waals surface area contributed by atoms with E-state index in [0.29, 0.717) is 59.1 Å². The van der Waals surface area contributed by atoms with Gasteiger partial charge >= 0.3 is 5.97 Å². The van der Waals surface area contributed by atoms with Gasteiger partial charge in [0.05, 0.1) is 23.9 Å². The number of carbonyl (C=O) groups is 3. The van der Waals surface area contributed by atoms with Crippen molar-refractivity contribution in [2.24, 2.45) is 17.1 Å². The lowest BCUT2D eigenvalue weighted by atomic mass is 9.85. The number of allylic oxidation sites excluding steroid dienone is 3. The lowest BCUT2D eigenvalue weighted by molar-refractivity contribution is -0.137. The fraction of sp³-hybridized carbons (Fsp3) is 0.412. The van der Waals surface area contributed by atoms with Gasteiger partial charge in [0.2, 0.25) is 5.91 Å². The second-order valence-corrected chi connectivity index (χ2v) is 12.4. The van der Waals surface area contributed by atoms with Crippen LogP contribution in [0.15, 0.2) is 59.7 Å². The van der Waals surface area contributed by atoms with Crippen LogP contribution in [0.1, 0.15) is 60.0 Å². The molecule has 9 nitrogen and oxygen atoms in total. The van der Waals surface area contributed by atoms with Crippen molar-refractivity contribution >= 4 is 23.5 Å². The molecule has 234 valence electrons. The molecular weight excluding hydrogens is 582 g/mol. The van der Waals surface area contributed by atoms with Gasteiger partial charge in [-0.3, -0.25) is 14.4 Å². The van der Waals surface area contributed by atoms with Crippen LogP contribution in [-0.2, 0) is 16.1 Å². The number of carboxylic acid groups (broad SMARTS) is 1. The fourth-order valence-corrected chi connectivity index (χ4v) is 7.16. The van der Waals surface area contributed by atoms with Gasteiger partial charge in [-0.1, -0.05) is 23.8 Å². The highest BCUT2D eigenvalue weighted by molar-refractivity contribution is 6.01. The minimum absolute atomic E-state index is 0.00518. The van der Waals surface area contributed by atoms with E-state index >= 15 is 4.39 Å². The molecule has 2 heterocycles. The standard InChI is InChI=1S/C34H34F2N4O5/c35-26-15-21(25-16-34(25)10-12-39(13-11-34)28-7-4-20(17-37)14-27(28)36)5-6-22(26)19-45-30-3-1-2-23-24(30)18-40(33(23)44)29(32(38)43)8-9-31(41)42/h1-7,14,25-26,29H,8-13,15-16,18-19H2,(H2,38,43)(H,41,42)/t25?,26?,29-/m0/s1. The third kappa shape index (κ3) is 5.89. The topological polar surface area (TPSA) is 137 Å². The van der Waals surface area contributed by atoms with E-state index in [2.05, 4.69) is 0 Å². The van der Waals surface area contributed by atoms with Gasteiger partial charge in [0.25, 0.3) is 5.91 Å². The summed E-state index contributed by atoms with van der Waals surface area (Å²) in [6, 6.07) is 10.4. The third-order valence-corrected chi connectivity index (χ3v) is 9.83. The minimum atomic E-state index is -1.21. The summed E-state index contributed by atoms with van der Waals surface area (Å²) in [5, 5.41) is 18.0. The van der Waals surface area contributed by atoms with Crippen LogP contribution >= 0.6 is 0 Å². The number of aliphatic carboxylic acids is 1. The summed E-state index contributed by atoms with van der Waals surface area (Å²) in [6.07, 6.45) is 5.25. The van der Waals surface area contributed by atoms with Gasteiger partial charge in [-0.05, 0) is 67.3 Å². The summed E-state index contributed by atoms with van der Waals surface area (Å²) in [5.41, 5.74) is 8.91. The fourth-order valence-electron chi connectivity index (χ4n) is 7.16. The van der Waals surface area contributed by atoms with Crippen LogP contribution in [0.2, 0.25) is 0 Å². The monoisotopic (exact) mass is 616 g/mol. The Labute approximate surface area is 259 Å². The highest BCUT2D eigenvalue weighted by Crippen LogP contribution is 2.63. The van der Waals surface area contributed by atoms with Crippen LogP contribution in [-0.4, -0.2) is 59.7 Å². The van der Waals surface area contributed by atoms with Crippen molar-refractivity contribution in [2.45, 2.75) is 57.3 Å². The minimum Gasteiger partial charge on any atom is -0.489 e. The second kappa shape index (κ2) is 12.0. The van der Waals surface area contributed by atoms with E-state index < -0.39 is 30.0 Å². The number of rotatable bonds is 10. The average Bonchev–Trinajstić information content (AvgIpc) is 3.62. The number of nitrogens with two attached hydrogens (primary N) is 1. The normalized spacial score (nSPS) is 22.3. The average molecular weight is 617 g/mol. The summed E-state index contributed by atoms with van der Waals surface area (Å²) in [5.74, 6) is -1.98. The summed E-state index contributed by atoms with van der Waals surface area (Å²) in [7, 11) is 0. The molecular formula is C34H34F2N4O5. The zero-order valence-electron chi connectivity index (χ0n) is 24.7. The molecule has 45 heavy (non-hydrogen) atoms. The third-order valence-electron chi connectivity index (χ3n) is 9.83. The molecule has 6 rings (SSSR count). The zero-order valence-corrected chi connectivity index (χ0v) is 24.7. The van der Waals surface area contributed by atoms with Gasteiger partial charge in [-0.25, -0.2) is 8.78 Å². The molecule has 1 spiro atoms. The van der Waals surface area contributed by atoms with Crippen molar-refractivity contribution in [1.82, 2.24) is 4.90 Å². The number of piperidine rings is 1. The van der Waals surface area contributed by atoms with E-state index in [1.165, 1.54) is 11.0 Å². The summed E-state index contributed by atoms with van der Waals surface area (Å²) < 4.78 is 36.0. The Bertz CT molecular complexity index is 1660. The van der Waals surface area contributed by atoms with Crippen molar-refractivity contribution in [3.8, 4) is 11.8 Å². The van der Waals surface area contributed by atoms with Crippen LogP contribution in [0.3, 0.4) is 0 Å². The molecule has 2 unspecified atom stereocenters. The summed E-state index contributed by atoms with van der Waals surface area (Å²) in [6.45, 7) is 1.46. The van der Waals surface area contributed by atoms with Crippen molar-refractivity contribution in [3.05, 3.63) is 82.2 Å². The number of amides is 2. The molecule has 2 amide bonds. The zero-order chi connectivity index (χ0) is 31.9. The highest BCUT2D eigenvalue weighted by Gasteiger charge is 2.56. The van der Waals surface area contributed by atoms with Crippen molar-refractivity contribution < 1.29 is 33.0 Å². The molecule has 3 N–H and O–H groups in total. The smallest absolute Gasteiger partial charge is 0.303 e. The Morgan fingerprint density at radius 1 is 1.20 bits per heavy atom. The quantitative estimate of drug-likeness (QED) is 0.397. The number of nitriles is 1. The lowest BCUT2D eigenvalue weighted by Gasteiger charge is -2.35. The summed E-state index contributed by atoms with van der Waals surface area (Å²) in [4.78, 5) is 39.5. The largest absolute Gasteiger partial charge is 0.489 e. The highest BCUT2D eigenvalue weighted by atomic mass is 19.1. The van der Waals surface area contributed by atoms with Gasteiger partial charge in [0.1, 0.15) is 30.4 Å². The number of anilines is 1. The number of ether oxygens (including phenoxy) is 1. The number of hydrogen-bond acceptors (Lipinski definition) is 6. The molecule has 4 aliphatic rings. The Morgan fingerprint density at radius 2 is 1.98 bits per heavy atom. The maximum atomic E-state index is 15.5. The van der Waals surface area contributed by atoms with E-state index in [1.54, 1.807) is 36.4 Å². The molecule has 3 atom stereocenters. The molecule has 2 aromatic carbocycles. The predicted molar refractivity (Wildman–Crippen MR) is 160 cm³/mol. The molecule has 11 heteroatoms. The van der Waals surface area contributed by atoms with Gasteiger partial charge in [0, 0.05) is 42.6 Å². The molecule has 2 fully saturated rings. The van der Waals surface area contributed by atoms with E-state index in [9.17, 15) is 18.8 Å². The first-order valence-electron chi connectivity index (χ1n) is 15.1. The first kappa shape index (κ1) is 30.3. The molecule has 0 bridgehead atoms. The van der Waals surface area contributed by atoms with Crippen molar-refractivity contribution in [3.63, 3.8) is 0 Å². The number of alkyl halides is 1. The van der Waals surface area contributed by atoms with Gasteiger partial charge in [-0.15, -0.1) is 0 Å². The predicted octanol–water partition coefficient (Wildman–Crippen LogP) is 4.65. The molecule has 2 aliphatic heterocycles. The number of nitrogens with zero attached hydrogens (tertiary/aromatic N) is 3. The number of fused-ring (bicyclic) bond motifs is 1. The Hall–Kier alpha value is -4.72. The number of carbonyl (C=O) groups excluding carboxylic acids is 2. The maximum absolute atomic E-state index is 15.5. The molecule has 2 aromatic rings. The Kier molecular flexibility index (Phi) is 8.08. The van der Waals surface area contributed by atoms with E-state index in [4.69, 9.17) is 20.8 Å². The molecule has 2 aliphatic carbocycles. The SMILES string of the molecule is N#Cc1ccc(N2CCC3(CC2)CC3C2=CC=C(COc3cccc4c3CN([C@@H](CCC(=O)O)C(N)=O)C4=O)C(F)C2)c(F)c1. The number of hydrogen-bond donors (Lipinski definition) is 2. The second-order valence-electron chi connectivity index (χ2n) is 12.4. The number of halogens is 2. The van der Waals surface area contributed by atoms with E-state index in [0.717, 1.165) is 24.8 Å². The van der Waals surface area contributed by atoms with Gasteiger partial charge < -0.3 is 25.4 Å². The molecule has 0 aromatic heterocycles. The van der Waals surface area contributed by atoms with Crippen LogP contribution < -0.4 is 15.4 Å². The van der Waals surface area contributed by atoms with Crippen LogP contribution in [0, 0.1) is 28.5 Å². The lowest BCUT2D eigenvalue weighted by Crippen LogP contribution is -2.45. The van der Waals surface area contributed by atoms with Crippen molar-refractivity contribution in [2.75, 3.05) is 24.6 Å². The Morgan fingerprint density at radius 3 is 2.64 bits per heavy atom. The van der Waals surface area contributed by atoms with Gasteiger partial charge in [-0.2, -0.15) is 5.26 Å². The summed E-state index contributed by atoms with van der Waals surface area (Å²) >= 11 is 0. The maximum Gasteiger partial charge on any atom is 0.303 e. The van der Waals surface area contributed by atoms with Crippen LogP contribution in [0.5, 0.6) is 5.75 Å². The van der Waals surface area contributed by atoms with Crippen LogP contribution in [0.25, 0.3) is 0 Å². The number of benzene rings is 2. The van der Waals surface area contributed by atoms with Crippen LogP contribution in [0.4, 0.5) is 14.5 Å². The van der Waals surface area contributed by atoms with E-state index in [-0.39, 0.29) is 37.2 Å². The number of primary amides is 1. The van der Waals surface area contributed by atoms with E-state index in [1.807, 2.05) is 17.0 Å². The van der Waals surface area contributed by atoms with Crippen molar-refractivity contribution in [1.29, 1.82) is 5.26 Å². The first-order chi connectivity index (χ1) is 21.6. The molecule has 1 saturated carbocycles. The first-order valence-corrected chi connectivity index (χ1v) is 15.1. The Balaban J connectivity index is 1.07. The number of carboxylic acids is 1. The molecule has 1 saturated heterocycles. The molecule has 0 radical (unpaired) electrons. The van der Waals surface area contributed by atoms with Gasteiger partial charge in [0.15, 0.2) is 0 Å².